The zero-order valence-electron chi connectivity index (χ0n) is 18.1. The molecule has 0 bridgehead atoms. The Kier molecular flexibility index (Phi) is 6.21. The summed E-state index contributed by atoms with van der Waals surface area (Å²) in [5.41, 5.74) is 5.25. The lowest BCUT2D eigenvalue weighted by Gasteiger charge is -2.31. The zero-order chi connectivity index (χ0) is 22.7. The molecule has 0 saturated heterocycles. The molecule has 6 nitrogen and oxygen atoms in total. The van der Waals surface area contributed by atoms with Gasteiger partial charge < -0.3 is 9.84 Å². The van der Waals surface area contributed by atoms with E-state index in [0.717, 1.165) is 27.8 Å². The Hall–Kier alpha value is -3.67. The van der Waals surface area contributed by atoms with Crippen molar-refractivity contribution in [2.75, 3.05) is 6.61 Å². The molecule has 1 unspecified atom stereocenters. The van der Waals surface area contributed by atoms with Crippen LogP contribution in [-0.2, 0) is 16.1 Å². The second kappa shape index (κ2) is 9.22. The van der Waals surface area contributed by atoms with Crippen LogP contribution in [0.4, 0.5) is 4.79 Å². The van der Waals surface area contributed by atoms with Crippen molar-refractivity contribution in [1.29, 1.82) is 0 Å². The zero-order valence-corrected chi connectivity index (χ0v) is 18.1. The number of fused-ring (bicyclic) bond motifs is 3. The summed E-state index contributed by atoms with van der Waals surface area (Å²) >= 11 is 0. The van der Waals surface area contributed by atoms with Crippen molar-refractivity contribution in [3.8, 4) is 11.1 Å². The minimum Gasteiger partial charge on any atom is -0.480 e. The van der Waals surface area contributed by atoms with Gasteiger partial charge in [0, 0.05) is 18.3 Å². The Morgan fingerprint density at radius 3 is 2.16 bits per heavy atom. The maximum atomic E-state index is 13.2. The molecular weight excluding hydrogens is 404 g/mol. The molecule has 2 aromatic carbocycles. The molecule has 0 fully saturated rings. The fourth-order valence-electron chi connectivity index (χ4n) is 4.42. The Labute approximate surface area is 187 Å². The standard InChI is InChI=1S/C26H26N2O4/c1-17(2)24(25(29)30)28(15-18-8-7-13-27-14-18)26(31)32-16-23-21-11-5-3-9-19(21)20-10-4-6-12-22(20)23/h3-14,17,23-24H,15-16H2,1-2H3,(H,29,30). The van der Waals surface area contributed by atoms with Crippen LogP contribution < -0.4 is 0 Å². The van der Waals surface area contributed by atoms with Crippen LogP contribution in [0.3, 0.4) is 0 Å². The summed E-state index contributed by atoms with van der Waals surface area (Å²) < 4.78 is 5.76. The highest BCUT2D eigenvalue weighted by atomic mass is 16.6. The largest absolute Gasteiger partial charge is 0.480 e. The van der Waals surface area contributed by atoms with Crippen LogP contribution in [-0.4, -0.2) is 39.7 Å². The molecule has 0 saturated carbocycles. The quantitative estimate of drug-likeness (QED) is 0.574. The maximum absolute atomic E-state index is 13.2. The number of carboxylic acid groups (broad SMARTS) is 1. The fourth-order valence-corrected chi connectivity index (χ4v) is 4.42. The average molecular weight is 431 g/mol. The summed E-state index contributed by atoms with van der Waals surface area (Å²) in [5.74, 6) is -1.43. The maximum Gasteiger partial charge on any atom is 0.410 e. The van der Waals surface area contributed by atoms with E-state index in [-0.39, 0.29) is 25.0 Å². The predicted molar refractivity (Wildman–Crippen MR) is 121 cm³/mol. The number of pyridine rings is 1. The number of rotatable bonds is 7. The van der Waals surface area contributed by atoms with E-state index in [2.05, 4.69) is 29.2 Å². The lowest BCUT2D eigenvalue weighted by atomic mass is 9.98. The first-order valence-electron chi connectivity index (χ1n) is 10.7. The number of aliphatic carboxylic acids is 1. The number of aromatic nitrogens is 1. The Balaban J connectivity index is 1.58. The van der Waals surface area contributed by atoms with E-state index >= 15 is 0 Å². The van der Waals surface area contributed by atoms with Gasteiger partial charge in [-0.15, -0.1) is 0 Å². The topological polar surface area (TPSA) is 79.7 Å². The predicted octanol–water partition coefficient (Wildman–Crippen LogP) is 4.94. The van der Waals surface area contributed by atoms with Crippen LogP contribution in [0.15, 0.2) is 73.1 Å². The third-order valence-corrected chi connectivity index (χ3v) is 5.87. The van der Waals surface area contributed by atoms with E-state index in [1.165, 1.54) is 4.90 Å². The summed E-state index contributed by atoms with van der Waals surface area (Å²) in [7, 11) is 0. The SMILES string of the molecule is CC(C)C(C(=O)O)N(Cc1cccnc1)C(=O)OCC1c2ccccc2-c2ccccc21. The summed E-state index contributed by atoms with van der Waals surface area (Å²) in [4.78, 5) is 30.6. The monoisotopic (exact) mass is 430 g/mol. The lowest BCUT2D eigenvalue weighted by Crippen LogP contribution is -2.48. The van der Waals surface area contributed by atoms with Crippen LogP contribution in [0.25, 0.3) is 11.1 Å². The first-order valence-corrected chi connectivity index (χ1v) is 10.7. The first kappa shape index (κ1) is 21.6. The third kappa shape index (κ3) is 4.21. The van der Waals surface area contributed by atoms with E-state index in [4.69, 9.17) is 4.74 Å². The number of amides is 1. The highest BCUT2D eigenvalue weighted by Crippen LogP contribution is 2.44. The number of benzene rings is 2. The highest BCUT2D eigenvalue weighted by Gasteiger charge is 2.35. The van der Waals surface area contributed by atoms with Crippen molar-refractivity contribution in [2.45, 2.75) is 32.4 Å². The first-order chi connectivity index (χ1) is 15.5. The summed E-state index contributed by atoms with van der Waals surface area (Å²) in [6, 6.07) is 18.8. The van der Waals surface area contributed by atoms with E-state index in [0.29, 0.717) is 0 Å². The van der Waals surface area contributed by atoms with Crippen molar-refractivity contribution in [3.63, 3.8) is 0 Å². The molecule has 0 spiro atoms. The fraction of sp³-hybridized carbons (Fsp3) is 0.269. The molecule has 0 radical (unpaired) electrons. The molecule has 1 amide bonds. The van der Waals surface area contributed by atoms with E-state index in [9.17, 15) is 14.7 Å². The molecule has 0 aliphatic heterocycles. The highest BCUT2D eigenvalue weighted by molar-refractivity contribution is 5.81. The normalized spacial score (nSPS) is 13.3. The van der Waals surface area contributed by atoms with Gasteiger partial charge in [0.05, 0.1) is 6.54 Å². The van der Waals surface area contributed by atoms with Crippen molar-refractivity contribution in [1.82, 2.24) is 9.88 Å². The van der Waals surface area contributed by atoms with Crippen molar-refractivity contribution in [2.24, 2.45) is 5.92 Å². The van der Waals surface area contributed by atoms with Crippen molar-refractivity contribution in [3.05, 3.63) is 89.7 Å². The van der Waals surface area contributed by atoms with Gasteiger partial charge in [-0.25, -0.2) is 9.59 Å². The molecule has 1 N–H and O–H groups in total. The number of hydrogen-bond acceptors (Lipinski definition) is 4. The van der Waals surface area contributed by atoms with Gasteiger partial charge in [-0.3, -0.25) is 9.88 Å². The van der Waals surface area contributed by atoms with E-state index < -0.39 is 18.1 Å². The van der Waals surface area contributed by atoms with E-state index in [1.807, 2.05) is 30.3 Å². The van der Waals surface area contributed by atoms with Gasteiger partial charge in [-0.2, -0.15) is 0 Å². The second-order valence-corrected chi connectivity index (χ2v) is 8.32. The molecule has 1 heterocycles. The molecule has 1 aliphatic carbocycles. The molecule has 3 aromatic rings. The minimum absolute atomic E-state index is 0.0890. The summed E-state index contributed by atoms with van der Waals surface area (Å²) in [6.07, 6.45) is 2.62. The van der Waals surface area contributed by atoms with Crippen LogP contribution in [0.1, 0.15) is 36.5 Å². The molecule has 1 atom stereocenters. The number of ether oxygens (including phenoxy) is 1. The third-order valence-electron chi connectivity index (χ3n) is 5.87. The van der Waals surface area contributed by atoms with Gasteiger partial charge in [-0.05, 0) is 39.8 Å². The molecule has 6 heteroatoms. The van der Waals surface area contributed by atoms with Crippen LogP contribution in [0.5, 0.6) is 0 Å². The lowest BCUT2D eigenvalue weighted by molar-refractivity contribution is -0.144. The number of carbonyl (C=O) groups excluding carboxylic acids is 1. The van der Waals surface area contributed by atoms with Gasteiger partial charge in [0.15, 0.2) is 0 Å². The van der Waals surface area contributed by atoms with E-state index in [1.54, 1.807) is 32.3 Å². The Bertz CT molecular complexity index is 1070. The van der Waals surface area contributed by atoms with Crippen molar-refractivity contribution >= 4 is 12.1 Å². The Morgan fingerprint density at radius 1 is 1.00 bits per heavy atom. The van der Waals surface area contributed by atoms with Crippen LogP contribution >= 0.6 is 0 Å². The second-order valence-electron chi connectivity index (χ2n) is 8.32. The molecule has 32 heavy (non-hydrogen) atoms. The number of hydrogen-bond donors (Lipinski definition) is 1. The van der Waals surface area contributed by atoms with Crippen LogP contribution in [0, 0.1) is 5.92 Å². The van der Waals surface area contributed by atoms with Gasteiger partial charge in [0.25, 0.3) is 0 Å². The van der Waals surface area contributed by atoms with Gasteiger partial charge in [0.2, 0.25) is 0 Å². The molecular formula is C26H26N2O4. The smallest absolute Gasteiger partial charge is 0.410 e. The van der Waals surface area contributed by atoms with Gasteiger partial charge in [-0.1, -0.05) is 68.4 Å². The average Bonchev–Trinajstić information content (AvgIpc) is 3.11. The van der Waals surface area contributed by atoms with Gasteiger partial charge >= 0.3 is 12.1 Å². The number of carboxylic acids is 1. The number of carbonyl (C=O) groups is 2. The summed E-state index contributed by atoms with van der Waals surface area (Å²) in [6.45, 7) is 3.82. The minimum atomic E-state index is -1.06. The van der Waals surface area contributed by atoms with Crippen molar-refractivity contribution < 1.29 is 19.4 Å². The summed E-state index contributed by atoms with van der Waals surface area (Å²) in [5, 5.41) is 9.82. The van der Waals surface area contributed by atoms with Gasteiger partial charge in [0.1, 0.15) is 12.6 Å². The number of nitrogens with zero attached hydrogens (tertiary/aromatic N) is 2. The molecule has 164 valence electrons. The molecule has 1 aromatic heterocycles. The van der Waals surface area contributed by atoms with Crippen LogP contribution in [0.2, 0.25) is 0 Å². The Morgan fingerprint density at radius 2 is 1.62 bits per heavy atom. The molecule has 4 rings (SSSR count). The molecule has 1 aliphatic rings.